The molecule has 0 radical (unpaired) electrons. The number of benzene rings is 3. The summed E-state index contributed by atoms with van der Waals surface area (Å²) in [5.74, 6) is -0.446. The van der Waals surface area contributed by atoms with Crippen LogP contribution in [0.25, 0.3) is 0 Å². The highest BCUT2D eigenvalue weighted by atomic mass is 32.2. The molecule has 0 aliphatic carbocycles. The van der Waals surface area contributed by atoms with E-state index in [-0.39, 0.29) is 29.2 Å². The van der Waals surface area contributed by atoms with E-state index in [0.29, 0.717) is 37.1 Å². The van der Waals surface area contributed by atoms with Gasteiger partial charge < -0.3 is 10.2 Å². The van der Waals surface area contributed by atoms with E-state index in [1.54, 1.807) is 24.0 Å². The molecule has 0 unspecified atom stereocenters. The van der Waals surface area contributed by atoms with Crippen LogP contribution in [0.2, 0.25) is 0 Å². The van der Waals surface area contributed by atoms with E-state index in [0.717, 1.165) is 11.3 Å². The molecule has 1 aliphatic heterocycles. The molecule has 35 heavy (non-hydrogen) atoms. The van der Waals surface area contributed by atoms with Crippen molar-refractivity contribution in [2.24, 2.45) is 5.92 Å². The van der Waals surface area contributed by atoms with Crippen LogP contribution in [0.5, 0.6) is 0 Å². The highest BCUT2D eigenvalue weighted by Crippen LogP contribution is 2.23. The maximum absolute atomic E-state index is 13.1. The van der Waals surface area contributed by atoms with Crippen molar-refractivity contribution in [3.05, 3.63) is 95.6 Å². The molecule has 7 nitrogen and oxygen atoms in total. The molecule has 1 heterocycles. The third kappa shape index (κ3) is 6.15. The minimum atomic E-state index is -3.80. The van der Waals surface area contributed by atoms with E-state index in [9.17, 15) is 18.0 Å². The third-order valence-corrected chi connectivity index (χ3v) is 7.77. The Bertz CT molecular complexity index is 1290. The fourth-order valence-electron chi connectivity index (χ4n) is 4.17. The van der Waals surface area contributed by atoms with Crippen LogP contribution in [0.3, 0.4) is 0 Å². The van der Waals surface area contributed by atoms with Gasteiger partial charge in [-0.15, -0.1) is 0 Å². The summed E-state index contributed by atoms with van der Waals surface area (Å²) >= 11 is 0. The van der Waals surface area contributed by atoms with Gasteiger partial charge in [-0.3, -0.25) is 9.59 Å². The molecule has 0 spiro atoms. The van der Waals surface area contributed by atoms with Crippen LogP contribution < -0.4 is 10.0 Å². The number of amides is 2. The first-order valence-corrected chi connectivity index (χ1v) is 13.1. The average molecular weight is 492 g/mol. The van der Waals surface area contributed by atoms with Crippen LogP contribution in [0.4, 0.5) is 5.69 Å². The lowest BCUT2D eigenvalue weighted by Gasteiger charge is -2.31. The Morgan fingerprint density at radius 3 is 2.20 bits per heavy atom. The molecular formula is C27H29N3O4S. The fourth-order valence-corrected chi connectivity index (χ4v) is 5.45. The lowest BCUT2D eigenvalue weighted by Crippen LogP contribution is -2.41. The van der Waals surface area contributed by atoms with Gasteiger partial charge in [0.25, 0.3) is 5.91 Å². The monoisotopic (exact) mass is 491 g/mol. The van der Waals surface area contributed by atoms with Crippen molar-refractivity contribution < 1.29 is 18.0 Å². The molecule has 2 N–H and O–H groups in total. The van der Waals surface area contributed by atoms with Gasteiger partial charge in [0, 0.05) is 36.8 Å². The Morgan fingerprint density at radius 1 is 0.914 bits per heavy atom. The molecule has 2 amide bonds. The second-order valence-electron chi connectivity index (χ2n) is 8.71. The van der Waals surface area contributed by atoms with Crippen LogP contribution in [0.1, 0.15) is 34.3 Å². The van der Waals surface area contributed by atoms with Crippen molar-refractivity contribution >= 4 is 27.5 Å². The minimum Gasteiger partial charge on any atom is -0.339 e. The lowest BCUT2D eigenvalue weighted by atomic mass is 9.95. The standard InChI is InChI=1S/C27H29N3O4S/c1-20-12-13-23(18-25(20)35(33,34)28-19-21-8-4-2-5-9-21)27(32)30-16-14-22(15-17-30)26(31)29-24-10-6-3-7-11-24/h2-13,18,22,28H,14-17,19H2,1H3,(H,29,31). The summed E-state index contributed by atoms with van der Waals surface area (Å²) in [7, 11) is -3.80. The van der Waals surface area contributed by atoms with Crippen LogP contribution in [0.15, 0.2) is 83.8 Å². The zero-order valence-corrected chi connectivity index (χ0v) is 20.4. The van der Waals surface area contributed by atoms with Crippen molar-refractivity contribution in [1.82, 2.24) is 9.62 Å². The number of carbonyl (C=O) groups is 2. The van der Waals surface area contributed by atoms with Gasteiger partial charge in [0.1, 0.15) is 0 Å². The normalized spacial score (nSPS) is 14.5. The minimum absolute atomic E-state index is 0.0449. The summed E-state index contributed by atoms with van der Waals surface area (Å²) in [6, 6.07) is 23.3. The largest absolute Gasteiger partial charge is 0.339 e. The Kier molecular flexibility index (Phi) is 7.63. The molecule has 0 bridgehead atoms. The van der Waals surface area contributed by atoms with Gasteiger partial charge in [-0.25, -0.2) is 13.1 Å². The summed E-state index contributed by atoms with van der Waals surface area (Å²) in [6.07, 6.45) is 1.11. The Balaban J connectivity index is 1.39. The van der Waals surface area contributed by atoms with E-state index in [1.807, 2.05) is 60.7 Å². The van der Waals surface area contributed by atoms with Crippen molar-refractivity contribution in [3.8, 4) is 0 Å². The molecule has 8 heteroatoms. The zero-order chi connectivity index (χ0) is 24.8. The van der Waals surface area contributed by atoms with Crippen LogP contribution in [0, 0.1) is 12.8 Å². The number of hydrogen-bond donors (Lipinski definition) is 2. The quantitative estimate of drug-likeness (QED) is 0.523. The van der Waals surface area contributed by atoms with E-state index >= 15 is 0 Å². The topological polar surface area (TPSA) is 95.6 Å². The van der Waals surface area contributed by atoms with Gasteiger partial charge in [0.2, 0.25) is 15.9 Å². The number of sulfonamides is 1. The van der Waals surface area contributed by atoms with Crippen LogP contribution >= 0.6 is 0 Å². The summed E-state index contributed by atoms with van der Waals surface area (Å²) in [5.41, 5.74) is 2.49. The SMILES string of the molecule is Cc1ccc(C(=O)N2CCC(C(=O)Nc3ccccc3)CC2)cc1S(=O)(=O)NCc1ccccc1. The average Bonchev–Trinajstić information content (AvgIpc) is 2.88. The van der Waals surface area contributed by atoms with Gasteiger partial charge in [-0.2, -0.15) is 0 Å². The molecule has 4 rings (SSSR count). The van der Waals surface area contributed by atoms with Crippen molar-refractivity contribution in [2.45, 2.75) is 31.2 Å². The maximum atomic E-state index is 13.1. The molecular weight excluding hydrogens is 462 g/mol. The Hall–Kier alpha value is -3.49. The summed E-state index contributed by atoms with van der Waals surface area (Å²) in [4.78, 5) is 27.5. The molecule has 1 aliphatic rings. The van der Waals surface area contributed by atoms with Gasteiger partial charge in [-0.1, -0.05) is 54.6 Å². The number of carbonyl (C=O) groups excluding carboxylic acids is 2. The summed E-state index contributed by atoms with van der Waals surface area (Å²) in [5, 5.41) is 2.93. The molecule has 1 saturated heterocycles. The number of aryl methyl sites for hydroxylation is 1. The number of hydrogen-bond acceptors (Lipinski definition) is 4. The van der Waals surface area contributed by atoms with Gasteiger partial charge in [-0.05, 0) is 55.2 Å². The Morgan fingerprint density at radius 2 is 1.54 bits per heavy atom. The van der Waals surface area contributed by atoms with E-state index in [2.05, 4.69) is 10.0 Å². The van der Waals surface area contributed by atoms with Crippen molar-refractivity contribution in [3.63, 3.8) is 0 Å². The first kappa shape index (κ1) is 24.6. The second kappa shape index (κ2) is 10.8. The smallest absolute Gasteiger partial charge is 0.253 e. The Labute approximate surface area is 206 Å². The molecule has 3 aromatic rings. The van der Waals surface area contributed by atoms with Crippen LogP contribution in [-0.4, -0.2) is 38.2 Å². The van der Waals surface area contributed by atoms with Crippen LogP contribution in [-0.2, 0) is 21.4 Å². The number of likely N-dealkylation sites (tertiary alicyclic amines) is 1. The van der Waals surface area contributed by atoms with Crippen molar-refractivity contribution in [1.29, 1.82) is 0 Å². The first-order chi connectivity index (χ1) is 16.8. The highest BCUT2D eigenvalue weighted by Gasteiger charge is 2.29. The zero-order valence-electron chi connectivity index (χ0n) is 19.6. The van der Waals surface area contributed by atoms with E-state index in [1.165, 1.54) is 6.07 Å². The number of nitrogens with zero attached hydrogens (tertiary/aromatic N) is 1. The maximum Gasteiger partial charge on any atom is 0.253 e. The molecule has 0 atom stereocenters. The third-order valence-electron chi connectivity index (χ3n) is 6.23. The van der Waals surface area contributed by atoms with Gasteiger partial charge in [0.15, 0.2) is 0 Å². The predicted molar refractivity (Wildman–Crippen MR) is 135 cm³/mol. The number of piperidine rings is 1. The summed E-state index contributed by atoms with van der Waals surface area (Å²) < 4.78 is 28.5. The highest BCUT2D eigenvalue weighted by molar-refractivity contribution is 7.89. The van der Waals surface area contributed by atoms with E-state index in [4.69, 9.17) is 0 Å². The lowest BCUT2D eigenvalue weighted by molar-refractivity contribution is -0.121. The number of nitrogens with one attached hydrogen (secondary N) is 2. The van der Waals surface area contributed by atoms with Crippen molar-refractivity contribution in [2.75, 3.05) is 18.4 Å². The number of rotatable bonds is 7. The molecule has 1 fully saturated rings. The number of anilines is 1. The summed E-state index contributed by atoms with van der Waals surface area (Å²) in [6.45, 7) is 2.75. The van der Waals surface area contributed by atoms with Gasteiger partial charge >= 0.3 is 0 Å². The second-order valence-corrected chi connectivity index (χ2v) is 10.4. The molecule has 0 aromatic heterocycles. The fraction of sp³-hybridized carbons (Fsp3) is 0.259. The predicted octanol–water partition coefficient (Wildman–Crippen LogP) is 3.96. The molecule has 0 saturated carbocycles. The first-order valence-electron chi connectivity index (χ1n) is 11.6. The molecule has 3 aromatic carbocycles. The molecule has 182 valence electrons. The van der Waals surface area contributed by atoms with E-state index < -0.39 is 10.0 Å². The number of para-hydroxylation sites is 1. The van der Waals surface area contributed by atoms with Gasteiger partial charge in [0.05, 0.1) is 4.90 Å².